The number of aromatic nitrogens is 3. The van der Waals surface area contributed by atoms with Crippen LogP contribution in [-0.2, 0) is 6.54 Å². The zero-order valence-electron chi connectivity index (χ0n) is 16.1. The van der Waals surface area contributed by atoms with Crippen LogP contribution in [0.5, 0.6) is 0 Å². The molecule has 5 rings (SSSR count). The molecule has 0 fully saturated rings. The van der Waals surface area contributed by atoms with E-state index in [2.05, 4.69) is 9.97 Å². The lowest BCUT2D eigenvalue weighted by molar-refractivity contribution is 0.0687. The Balaban J connectivity index is 1.91. The lowest BCUT2D eigenvalue weighted by atomic mass is 10.0. The highest BCUT2D eigenvalue weighted by molar-refractivity contribution is 7.13. The third-order valence-electron chi connectivity index (χ3n) is 5.09. The Morgan fingerprint density at radius 2 is 2.16 bits per heavy atom. The lowest BCUT2D eigenvalue weighted by Crippen LogP contribution is -2.13. The van der Waals surface area contributed by atoms with Crippen LogP contribution in [0.1, 0.15) is 25.2 Å². The normalized spacial score (nSPS) is 11.4. The van der Waals surface area contributed by atoms with Crippen LogP contribution in [0.25, 0.3) is 33.0 Å². The van der Waals surface area contributed by atoms with Crippen LogP contribution in [0.15, 0.2) is 52.1 Å². The molecule has 0 atom stereocenters. The molecule has 0 saturated heterocycles. The number of nitrogens with zero attached hydrogens (tertiary/aromatic N) is 2. The highest BCUT2D eigenvalue weighted by Gasteiger charge is 2.29. The topological polar surface area (TPSA) is 144 Å². The van der Waals surface area contributed by atoms with Crippen molar-refractivity contribution in [2.45, 2.75) is 6.54 Å². The van der Waals surface area contributed by atoms with Gasteiger partial charge in [0.2, 0.25) is 0 Å². The molecule has 4 aromatic heterocycles. The molecule has 0 aliphatic rings. The molecular formula is C21H13FN4O5S. The van der Waals surface area contributed by atoms with Gasteiger partial charge in [-0.15, -0.1) is 11.3 Å². The molecule has 9 nitrogen and oxygen atoms in total. The summed E-state index contributed by atoms with van der Waals surface area (Å²) in [5.74, 6) is -2.64. The Morgan fingerprint density at radius 3 is 2.84 bits per heavy atom. The molecule has 32 heavy (non-hydrogen) atoms. The number of pyridine rings is 1. The lowest BCUT2D eigenvalue weighted by Gasteiger charge is -2.07. The van der Waals surface area contributed by atoms with Gasteiger partial charge in [-0.1, -0.05) is 0 Å². The molecule has 1 amide bonds. The van der Waals surface area contributed by atoms with E-state index in [0.717, 1.165) is 11.3 Å². The zero-order valence-corrected chi connectivity index (χ0v) is 16.9. The van der Waals surface area contributed by atoms with E-state index in [1.807, 2.05) is 0 Å². The Kier molecular flexibility index (Phi) is 4.41. The monoisotopic (exact) mass is 452 g/mol. The predicted octanol–water partition coefficient (Wildman–Crippen LogP) is 3.18. The highest BCUT2D eigenvalue weighted by Crippen LogP contribution is 2.40. The Labute approximate surface area is 181 Å². The first kappa shape index (κ1) is 19.7. The summed E-state index contributed by atoms with van der Waals surface area (Å²) in [5, 5.41) is 10.6. The number of hydrogen-bond acceptors (Lipinski definition) is 6. The molecule has 0 radical (unpaired) electrons. The van der Waals surface area contributed by atoms with E-state index >= 15 is 0 Å². The number of nitrogens with two attached hydrogens (primary N) is 1. The molecule has 0 spiro atoms. The number of H-pyrrole nitrogens is 1. The van der Waals surface area contributed by atoms with Gasteiger partial charge in [0.15, 0.2) is 5.01 Å². The van der Waals surface area contributed by atoms with E-state index in [4.69, 9.17) is 10.2 Å². The van der Waals surface area contributed by atoms with Crippen LogP contribution < -0.4 is 11.3 Å². The number of aromatic amines is 1. The minimum Gasteiger partial charge on any atom is -0.477 e. The summed E-state index contributed by atoms with van der Waals surface area (Å²) in [7, 11) is 0. The van der Waals surface area contributed by atoms with Crippen LogP contribution in [0, 0.1) is 5.82 Å². The maximum absolute atomic E-state index is 14.8. The van der Waals surface area contributed by atoms with Crippen molar-refractivity contribution in [1.29, 1.82) is 0 Å². The van der Waals surface area contributed by atoms with Gasteiger partial charge in [-0.25, -0.2) is 14.2 Å². The number of primary amides is 1. The Bertz CT molecular complexity index is 1610. The van der Waals surface area contributed by atoms with Crippen molar-refractivity contribution >= 4 is 45.1 Å². The van der Waals surface area contributed by atoms with Crippen molar-refractivity contribution in [3.05, 3.63) is 74.7 Å². The molecule has 0 bridgehead atoms. The summed E-state index contributed by atoms with van der Waals surface area (Å²) in [6, 6.07) is 5.69. The number of nitrogens with one attached hydrogen (secondary N) is 1. The van der Waals surface area contributed by atoms with Crippen molar-refractivity contribution in [2.24, 2.45) is 5.73 Å². The predicted molar refractivity (Wildman–Crippen MR) is 114 cm³/mol. The van der Waals surface area contributed by atoms with Crippen molar-refractivity contribution in [1.82, 2.24) is 14.5 Å². The first-order valence-corrected chi connectivity index (χ1v) is 10.1. The van der Waals surface area contributed by atoms with Crippen LogP contribution in [0.2, 0.25) is 0 Å². The molecule has 4 heterocycles. The van der Waals surface area contributed by atoms with Gasteiger partial charge >= 0.3 is 5.97 Å². The quantitative estimate of drug-likeness (QED) is 0.374. The molecule has 0 unspecified atom stereocenters. The number of halogens is 1. The van der Waals surface area contributed by atoms with Crippen LogP contribution in [0.4, 0.5) is 4.39 Å². The molecule has 0 aliphatic heterocycles. The number of amides is 1. The van der Waals surface area contributed by atoms with E-state index < -0.39 is 23.3 Å². The molecule has 11 heteroatoms. The average molecular weight is 452 g/mol. The summed E-state index contributed by atoms with van der Waals surface area (Å²) in [6.45, 7) is -0.0422. The zero-order chi connectivity index (χ0) is 22.6. The van der Waals surface area contributed by atoms with Gasteiger partial charge in [0.05, 0.1) is 34.7 Å². The fourth-order valence-corrected chi connectivity index (χ4v) is 4.58. The number of carbonyl (C=O) groups is 2. The van der Waals surface area contributed by atoms with Crippen molar-refractivity contribution in [3.8, 4) is 11.1 Å². The average Bonchev–Trinajstić information content (AvgIpc) is 3.47. The molecule has 4 N–H and O–H groups in total. The van der Waals surface area contributed by atoms with Crippen LogP contribution in [-0.4, -0.2) is 31.5 Å². The first-order valence-electron chi connectivity index (χ1n) is 9.24. The number of hydrogen-bond donors (Lipinski definition) is 3. The number of carbonyl (C=O) groups excluding carboxylic acids is 1. The van der Waals surface area contributed by atoms with Gasteiger partial charge in [0.1, 0.15) is 17.1 Å². The third kappa shape index (κ3) is 2.90. The third-order valence-corrected chi connectivity index (χ3v) is 6.08. The fraction of sp³-hybridized carbons (Fsp3) is 0.0476. The van der Waals surface area contributed by atoms with Crippen LogP contribution >= 0.6 is 11.3 Å². The second-order valence-corrected chi connectivity index (χ2v) is 8.05. The molecule has 0 saturated carbocycles. The molecule has 5 aromatic rings. The standard InChI is InChI=1S/C21H13FN4O5S/c22-12-6-13-15(17-10(12)3-5-31-17)14(11-2-1-4-24-19(11)28)16(21(29)30)26(13)8-9-7-25-20(32-9)18(23)27/h1-7H,8H2,(H2,23,27)(H,24,28)(H,29,30). The summed E-state index contributed by atoms with van der Waals surface area (Å²) >= 11 is 0.998. The number of carboxylic acids is 1. The van der Waals surface area contributed by atoms with Crippen molar-refractivity contribution in [3.63, 3.8) is 0 Å². The number of fused-ring (bicyclic) bond motifs is 3. The molecule has 0 aliphatic carbocycles. The van der Waals surface area contributed by atoms with Gasteiger partial charge in [0, 0.05) is 22.8 Å². The summed E-state index contributed by atoms with van der Waals surface area (Å²) in [4.78, 5) is 43.4. The fourth-order valence-electron chi connectivity index (χ4n) is 3.82. The summed E-state index contributed by atoms with van der Waals surface area (Å²) in [5.41, 5.74) is 5.08. The van der Waals surface area contributed by atoms with Gasteiger partial charge in [-0.05, 0) is 24.3 Å². The minimum atomic E-state index is -1.32. The Morgan fingerprint density at radius 1 is 1.34 bits per heavy atom. The largest absolute Gasteiger partial charge is 0.477 e. The smallest absolute Gasteiger partial charge is 0.353 e. The van der Waals surface area contributed by atoms with Crippen LogP contribution in [0.3, 0.4) is 0 Å². The van der Waals surface area contributed by atoms with Gasteiger partial charge in [-0.2, -0.15) is 0 Å². The van der Waals surface area contributed by atoms with Gasteiger partial charge in [0.25, 0.3) is 11.5 Å². The van der Waals surface area contributed by atoms with E-state index in [-0.39, 0.29) is 44.9 Å². The molecular weight excluding hydrogens is 439 g/mol. The van der Waals surface area contributed by atoms with Crippen molar-refractivity contribution in [2.75, 3.05) is 0 Å². The number of carboxylic acid groups (broad SMARTS) is 1. The number of furan rings is 1. The minimum absolute atomic E-state index is 0.0422. The maximum Gasteiger partial charge on any atom is 0.353 e. The van der Waals surface area contributed by atoms with E-state index in [9.17, 15) is 23.9 Å². The van der Waals surface area contributed by atoms with E-state index in [0.29, 0.717) is 10.3 Å². The van der Waals surface area contributed by atoms with E-state index in [1.54, 1.807) is 6.07 Å². The number of benzene rings is 1. The van der Waals surface area contributed by atoms with Gasteiger partial charge in [-0.3, -0.25) is 9.59 Å². The first-order chi connectivity index (χ1) is 15.4. The molecule has 1 aromatic carbocycles. The molecule has 160 valence electrons. The highest BCUT2D eigenvalue weighted by atomic mass is 32.1. The number of rotatable bonds is 5. The maximum atomic E-state index is 14.8. The van der Waals surface area contributed by atoms with Crippen molar-refractivity contribution < 1.29 is 23.5 Å². The SMILES string of the molecule is NC(=O)c1ncc(Cn2c(C(=O)O)c(-c3ccc[nH]c3=O)c3c4occc4c(F)cc32)s1. The summed E-state index contributed by atoms with van der Waals surface area (Å²) < 4.78 is 21.7. The van der Waals surface area contributed by atoms with Gasteiger partial charge < -0.3 is 24.8 Å². The van der Waals surface area contributed by atoms with E-state index in [1.165, 1.54) is 41.4 Å². The summed E-state index contributed by atoms with van der Waals surface area (Å²) in [6.07, 6.45) is 4.13. The number of aromatic carboxylic acids is 1. The number of thiazole rings is 1. The Hall–Kier alpha value is -4.25. The second-order valence-electron chi connectivity index (χ2n) is 6.94. The second kappa shape index (κ2) is 7.17.